The fourth-order valence-corrected chi connectivity index (χ4v) is 2.92. The second kappa shape index (κ2) is 8.79. The lowest BCUT2D eigenvalue weighted by atomic mass is 10.0. The van der Waals surface area contributed by atoms with E-state index in [0.29, 0.717) is 0 Å². The molecule has 0 unspecified atom stereocenters. The van der Waals surface area contributed by atoms with E-state index < -0.39 is 0 Å². The van der Waals surface area contributed by atoms with Crippen molar-refractivity contribution in [3.05, 3.63) is 66.1 Å². The molecule has 0 amide bonds. The number of aryl methyl sites for hydroxylation is 1. The van der Waals surface area contributed by atoms with Crippen molar-refractivity contribution in [3.63, 3.8) is 0 Å². The minimum Gasteiger partial charge on any atom is -0.256 e. The fraction of sp³-hybridized carbons (Fsp3) is 0.286. The Kier molecular flexibility index (Phi) is 6.74. The average molecular weight is 344 g/mol. The number of pyridine rings is 1. The third-order valence-electron chi connectivity index (χ3n) is 4.22. The molecule has 3 aromatic rings. The van der Waals surface area contributed by atoms with E-state index in [2.05, 4.69) is 36.2 Å². The quantitative estimate of drug-likeness (QED) is 0.460. The van der Waals surface area contributed by atoms with Gasteiger partial charge in [0.05, 0.1) is 5.52 Å². The van der Waals surface area contributed by atoms with Gasteiger partial charge in [-0.3, -0.25) is 4.98 Å². The highest BCUT2D eigenvalue weighted by Gasteiger charge is 2.03. The molecule has 0 aliphatic carbocycles. The Morgan fingerprint density at radius 1 is 0.917 bits per heavy atom. The highest BCUT2D eigenvalue weighted by molar-refractivity contribution is 5.85. The molecule has 0 radical (unpaired) electrons. The Balaban J connectivity index is 0.00000208. The van der Waals surface area contributed by atoms with Crippen LogP contribution in [-0.4, -0.2) is 4.98 Å². The molecule has 0 aliphatic heterocycles. The number of hydrogen-bond acceptors (Lipinski definition) is 1. The Morgan fingerprint density at radius 3 is 2.58 bits per heavy atom. The van der Waals surface area contributed by atoms with Gasteiger partial charge in [-0.05, 0) is 54.3 Å². The third-order valence-corrected chi connectivity index (χ3v) is 4.22. The van der Waals surface area contributed by atoms with Crippen LogP contribution in [0.1, 0.15) is 38.2 Å². The van der Waals surface area contributed by atoms with Gasteiger partial charge in [-0.1, -0.05) is 44.4 Å². The molecule has 0 fully saturated rings. The summed E-state index contributed by atoms with van der Waals surface area (Å²) in [5, 5.41) is 1.12. The monoisotopic (exact) mass is 343 g/mol. The Bertz CT molecular complexity index is 801. The smallest absolute Gasteiger partial charge is 0.123 e. The van der Waals surface area contributed by atoms with Crippen molar-refractivity contribution in [3.8, 4) is 11.1 Å². The van der Waals surface area contributed by atoms with Crippen LogP contribution in [0.25, 0.3) is 22.0 Å². The Morgan fingerprint density at radius 2 is 1.79 bits per heavy atom. The molecule has 1 nitrogen and oxygen atoms in total. The van der Waals surface area contributed by atoms with Gasteiger partial charge in [0.25, 0.3) is 0 Å². The van der Waals surface area contributed by atoms with Crippen LogP contribution in [0.3, 0.4) is 0 Å². The topological polar surface area (TPSA) is 12.9 Å². The molecular weight excluding hydrogens is 321 g/mol. The first kappa shape index (κ1) is 18.4. The van der Waals surface area contributed by atoms with Crippen LogP contribution >= 0.6 is 12.4 Å². The van der Waals surface area contributed by atoms with E-state index in [-0.39, 0.29) is 18.2 Å². The molecule has 24 heavy (non-hydrogen) atoms. The lowest BCUT2D eigenvalue weighted by molar-refractivity contribution is 0.628. The van der Waals surface area contributed by atoms with Crippen LogP contribution in [0.5, 0.6) is 0 Å². The van der Waals surface area contributed by atoms with E-state index in [1.807, 2.05) is 12.3 Å². The zero-order valence-corrected chi connectivity index (χ0v) is 14.8. The maximum atomic E-state index is 13.4. The fourth-order valence-electron chi connectivity index (χ4n) is 2.92. The highest BCUT2D eigenvalue weighted by atomic mass is 35.5. The molecule has 0 saturated heterocycles. The Hall–Kier alpha value is -1.93. The molecule has 1 aromatic heterocycles. The molecular formula is C21H23ClFN. The SMILES string of the molecule is CCCCCCc1ccc2ncc(-c3cccc(F)c3)cc2c1.Cl. The third kappa shape index (κ3) is 4.55. The molecule has 0 bridgehead atoms. The first-order valence-corrected chi connectivity index (χ1v) is 8.41. The largest absolute Gasteiger partial charge is 0.256 e. The van der Waals surface area contributed by atoms with Crippen LogP contribution in [0.2, 0.25) is 0 Å². The first-order chi connectivity index (χ1) is 11.3. The van der Waals surface area contributed by atoms with Gasteiger partial charge < -0.3 is 0 Å². The first-order valence-electron chi connectivity index (χ1n) is 8.41. The van der Waals surface area contributed by atoms with E-state index >= 15 is 0 Å². The zero-order chi connectivity index (χ0) is 16.1. The van der Waals surface area contributed by atoms with E-state index in [0.717, 1.165) is 28.5 Å². The lowest BCUT2D eigenvalue weighted by Crippen LogP contribution is -1.89. The Labute approximate surface area is 149 Å². The van der Waals surface area contributed by atoms with Crippen molar-refractivity contribution in [1.82, 2.24) is 4.98 Å². The molecule has 0 saturated carbocycles. The van der Waals surface area contributed by atoms with Crippen LogP contribution in [0.15, 0.2) is 54.7 Å². The van der Waals surface area contributed by atoms with Crippen LogP contribution in [0, 0.1) is 5.82 Å². The molecule has 3 heteroatoms. The van der Waals surface area contributed by atoms with Gasteiger partial charge in [0.15, 0.2) is 0 Å². The maximum absolute atomic E-state index is 13.4. The van der Waals surface area contributed by atoms with Gasteiger partial charge in [-0.15, -0.1) is 12.4 Å². The van der Waals surface area contributed by atoms with Gasteiger partial charge in [0.2, 0.25) is 0 Å². The second-order valence-corrected chi connectivity index (χ2v) is 6.07. The van der Waals surface area contributed by atoms with Gasteiger partial charge >= 0.3 is 0 Å². The maximum Gasteiger partial charge on any atom is 0.123 e. The average Bonchev–Trinajstić information content (AvgIpc) is 2.58. The predicted molar refractivity (Wildman–Crippen MR) is 102 cm³/mol. The van der Waals surface area contributed by atoms with Crippen molar-refractivity contribution in [2.24, 2.45) is 0 Å². The van der Waals surface area contributed by atoms with Crippen molar-refractivity contribution < 1.29 is 4.39 Å². The van der Waals surface area contributed by atoms with Gasteiger partial charge in [0.1, 0.15) is 5.82 Å². The number of rotatable bonds is 6. The molecule has 0 spiro atoms. The second-order valence-electron chi connectivity index (χ2n) is 6.07. The summed E-state index contributed by atoms with van der Waals surface area (Å²) < 4.78 is 13.4. The number of unbranched alkanes of at least 4 members (excludes halogenated alkanes) is 3. The molecule has 0 N–H and O–H groups in total. The highest BCUT2D eigenvalue weighted by Crippen LogP contribution is 2.24. The van der Waals surface area contributed by atoms with E-state index in [1.54, 1.807) is 12.1 Å². The summed E-state index contributed by atoms with van der Waals surface area (Å²) in [5.41, 5.74) is 4.17. The van der Waals surface area contributed by atoms with Crippen LogP contribution < -0.4 is 0 Å². The minimum absolute atomic E-state index is 0. The number of halogens is 2. The van der Waals surface area contributed by atoms with Crippen LogP contribution in [-0.2, 0) is 6.42 Å². The number of aromatic nitrogens is 1. The summed E-state index contributed by atoms with van der Waals surface area (Å²) in [5.74, 6) is -0.215. The van der Waals surface area contributed by atoms with E-state index in [4.69, 9.17) is 0 Å². The summed E-state index contributed by atoms with van der Waals surface area (Å²) in [6, 6.07) is 15.2. The minimum atomic E-state index is -0.215. The van der Waals surface area contributed by atoms with Crippen molar-refractivity contribution in [2.45, 2.75) is 39.0 Å². The van der Waals surface area contributed by atoms with Crippen molar-refractivity contribution in [1.29, 1.82) is 0 Å². The van der Waals surface area contributed by atoms with Gasteiger partial charge in [0, 0.05) is 17.1 Å². The van der Waals surface area contributed by atoms with Crippen molar-refractivity contribution in [2.75, 3.05) is 0 Å². The number of fused-ring (bicyclic) bond motifs is 1. The molecule has 0 aliphatic rings. The van der Waals surface area contributed by atoms with Gasteiger partial charge in [-0.25, -0.2) is 4.39 Å². The molecule has 126 valence electrons. The van der Waals surface area contributed by atoms with Gasteiger partial charge in [-0.2, -0.15) is 0 Å². The summed E-state index contributed by atoms with van der Waals surface area (Å²) in [4.78, 5) is 4.52. The summed E-state index contributed by atoms with van der Waals surface area (Å²) >= 11 is 0. The molecule has 3 rings (SSSR count). The molecule has 0 atom stereocenters. The summed E-state index contributed by atoms with van der Waals surface area (Å²) in [6.07, 6.45) is 8.02. The standard InChI is InChI=1S/C21H22FN.ClH/c1-2-3-4-5-7-16-10-11-21-18(12-16)13-19(15-23-21)17-8-6-9-20(22)14-17;/h6,8-15H,2-5,7H2,1H3;1H. The lowest BCUT2D eigenvalue weighted by Gasteiger charge is -2.06. The number of nitrogens with zero attached hydrogens (tertiary/aromatic N) is 1. The predicted octanol–water partition coefficient (Wildman–Crippen LogP) is 6.59. The van der Waals surface area contributed by atoms with Crippen LogP contribution in [0.4, 0.5) is 4.39 Å². The number of benzene rings is 2. The summed E-state index contributed by atoms with van der Waals surface area (Å²) in [6.45, 7) is 2.23. The van der Waals surface area contributed by atoms with E-state index in [9.17, 15) is 4.39 Å². The summed E-state index contributed by atoms with van der Waals surface area (Å²) in [7, 11) is 0. The molecule has 1 heterocycles. The molecule has 2 aromatic carbocycles. The van der Waals surface area contributed by atoms with E-state index in [1.165, 1.54) is 37.3 Å². The normalized spacial score (nSPS) is 10.6. The zero-order valence-electron chi connectivity index (χ0n) is 14.0. The number of hydrogen-bond donors (Lipinski definition) is 0. The van der Waals surface area contributed by atoms with Crippen molar-refractivity contribution >= 4 is 23.3 Å².